The molecule has 16 heteroatoms. The number of aromatic nitrogens is 4. The van der Waals surface area contributed by atoms with Crippen molar-refractivity contribution in [1.82, 2.24) is 40.8 Å². The van der Waals surface area contributed by atoms with Gasteiger partial charge in [0.1, 0.15) is 0 Å². The van der Waals surface area contributed by atoms with Crippen LogP contribution in [0.5, 0.6) is 0 Å². The molecule has 0 radical (unpaired) electrons. The second-order valence-electron chi connectivity index (χ2n) is 16.1. The number of hydrogen-bond acceptors (Lipinski definition) is 12. The molecule has 6 rings (SSSR count). The van der Waals surface area contributed by atoms with Gasteiger partial charge in [-0.3, -0.25) is 19.4 Å². The van der Waals surface area contributed by atoms with Gasteiger partial charge in [0.2, 0.25) is 11.8 Å². The monoisotopic (exact) mass is 794 g/mol. The third-order valence-electron chi connectivity index (χ3n) is 10.4. The van der Waals surface area contributed by atoms with Gasteiger partial charge >= 0.3 is 7.12 Å². The van der Waals surface area contributed by atoms with Crippen LogP contribution in [0.4, 0.5) is 11.6 Å². The van der Waals surface area contributed by atoms with Crippen molar-refractivity contribution >= 4 is 47.7 Å². The van der Waals surface area contributed by atoms with E-state index in [9.17, 15) is 9.59 Å². The van der Waals surface area contributed by atoms with Crippen molar-refractivity contribution in [2.45, 2.75) is 92.2 Å². The minimum Gasteiger partial charge on any atom is -0.423 e. The van der Waals surface area contributed by atoms with Gasteiger partial charge in [-0.05, 0) is 95.2 Å². The van der Waals surface area contributed by atoms with Crippen LogP contribution < -0.4 is 20.4 Å². The van der Waals surface area contributed by atoms with E-state index in [0.29, 0.717) is 24.0 Å². The molecule has 0 spiro atoms. The molecule has 0 saturated carbocycles. The molecule has 2 saturated heterocycles. The molecule has 2 aliphatic carbocycles. The van der Waals surface area contributed by atoms with Gasteiger partial charge in [-0.15, -0.1) is 10.2 Å². The molecule has 2 aromatic rings. The molecule has 0 bridgehead atoms. The maximum atomic E-state index is 11.9. The van der Waals surface area contributed by atoms with Gasteiger partial charge < -0.3 is 30.5 Å². The molecule has 308 valence electrons. The molecule has 2 aromatic heterocycles. The first-order chi connectivity index (χ1) is 26.7. The minimum absolute atomic E-state index is 0.0796. The molecule has 2 fully saturated rings. The van der Waals surface area contributed by atoms with E-state index in [2.05, 4.69) is 76.6 Å². The number of hydrogen-bond donors (Lipinski definition) is 4. The highest BCUT2D eigenvalue weighted by atomic mass is 35.5. The lowest BCUT2D eigenvalue weighted by atomic mass is 9.72. The fourth-order valence-electron chi connectivity index (χ4n) is 7.03. The van der Waals surface area contributed by atoms with Crippen molar-refractivity contribution in [3.05, 3.63) is 52.7 Å². The van der Waals surface area contributed by atoms with Crippen molar-refractivity contribution in [3.8, 4) is 0 Å². The molecule has 2 atom stereocenters. The Labute approximate surface area is 339 Å². The summed E-state index contributed by atoms with van der Waals surface area (Å²) in [6, 6.07) is 4.37. The Morgan fingerprint density at radius 2 is 1.23 bits per heavy atom. The van der Waals surface area contributed by atoms with Crippen LogP contribution in [0, 0.1) is 11.8 Å². The second kappa shape index (κ2) is 22.9. The number of nitrogens with zero attached hydrogens (tertiary/aromatic N) is 8. The van der Waals surface area contributed by atoms with Gasteiger partial charge in [-0.25, -0.2) is 0 Å². The third-order valence-corrected chi connectivity index (χ3v) is 10.6. The van der Waals surface area contributed by atoms with E-state index >= 15 is 0 Å². The summed E-state index contributed by atoms with van der Waals surface area (Å²) in [6.45, 7) is 20.1. The molecule has 2 aliphatic heterocycles. The van der Waals surface area contributed by atoms with E-state index in [1.165, 1.54) is 23.8 Å². The number of nitrogens with one attached hydrogen (secondary N) is 2. The zero-order valence-corrected chi connectivity index (χ0v) is 35.1. The van der Waals surface area contributed by atoms with Crippen LogP contribution in [-0.2, 0) is 9.59 Å². The molecule has 4 aliphatic rings. The molecular weight excluding hydrogens is 731 g/mol. The van der Waals surface area contributed by atoms with Crippen LogP contribution in [0.25, 0.3) is 5.57 Å². The van der Waals surface area contributed by atoms with E-state index in [0.717, 1.165) is 107 Å². The number of carbonyl (C=O) groups excluding carboxylic acids is 2. The summed E-state index contributed by atoms with van der Waals surface area (Å²) in [5, 5.41) is 40.5. The number of allylic oxidation sites excluding steroid dienone is 4. The maximum Gasteiger partial charge on any atom is 0.483 e. The SMILES string of the molecule is CC(C)NC(=O)CN1CCN(c2cc(Cl)cnn2)CC1.CC1CC=C(B(O)O)CC1.CC1CC=C(c2cnnc(N3CCN(CC(=O)NC(C)C)CC3)c2)CC1. The zero-order chi connectivity index (χ0) is 40.6. The number of rotatable bonds is 10. The van der Waals surface area contributed by atoms with Gasteiger partial charge in [-0.1, -0.05) is 37.6 Å². The molecule has 2 unspecified atom stereocenters. The Kier molecular flexibility index (Phi) is 18.5. The Morgan fingerprint density at radius 1 is 0.750 bits per heavy atom. The van der Waals surface area contributed by atoms with Gasteiger partial charge in [0.15, 0.2) is 11.6 Å². The molecular formula is C40H64BClN10O4. The highest BCUT2D eigenvalue weighted by molar-refractivity contribution is 6.50. The minimum atomic E-state index is -1.22. The first-order valence-corrected chi connectivity index (χ1v) is 20.7. The van der Waals surface area contributed by atoms with Gasteiger partial charge in [0, 0.05) is 76.1 Å². The summed E-state index contributed by atoms with van der Waals surface area (Å²) >= 11 is 5.92. The van der Waals surface area contributed by atoms with Crippen LogP contribution in [0.1, 0.15) is 85.6 Å². The summed E-state index contributed by atoms with van der Waals surface area (Å²) in [5.74, 6) is 3.43. The molecule has 56 heavy (non-hydrogen) atoms. The lowest BCUT2D eigenvalue weighted by Gasteiger charge is -2.35. The van der Waals surface area contributed by atoms with E-state index in [1.54, 1.807) is 0 Å². The Bertz CT molecular complexity index is 1600. The first kappa shape index (κ1) is 45.1. The molecule has 14 nitrogen and oxygen atoms in total. The zero-order valence-electron chi connectivity index (χ0n) is 34.3. The Balaban J connectivity index is 0.000000205. The first-order valence-electron chi connectivity index (χ1n) is 20.3. The number of carbonyl (C=O) groups is 2. The normalized spacial score (nSPS) is 20.6. The quantitative estimate of drug-likeness (QED) is 0.258. The fraction of sp³-hybridized carbons (Fsp3) is 0.650. The van der Waals surface area contributed by atoms with Crippen molar-refractivity contribution in [1.29, 1.82) is 0 Å². The van der Waals surface area contributed by atoms with Crippen molar-refractivity contribution in [3.63, 3.8) is 0 Å². The van der Waals surface area contributed by atoms with Gasteiger partial charge in [0.25, 0.3) is 0 Å². The number of piperazine rings is 2. The topological polar surface area (TPSA) is 163 Å². The third kappa shape index (κ3) is 15.7. The predicted octanol–water partition coefficient (Wildman–Crippen LogP) is 3.85. The van der Waals surface area contributed by atoms with Gasteiger partial charge in [0.05, 0.1) is 30.5 Å². The smallest absolute Gasteiger partial charge is 0.423 e. The average Bonchev–Trinajstić information content (AvgIpc) is 3.16. The largest absolute Gasteiger partial charge is 0.483 e. The van der Waals surface area contributed by atoms with Crippen LogP contribution >= 0.6 is 11.6 Å². The van der Waals surface area contributed by atoms with Crippen LogP contribution in [0.15, 0.2) is 42.2 Å². The maximum absolute atomic E-state index is 11.9. The number of amides is 2. The van der Waals surface area contributed by atoms with E-state index in [-0.39, 0.29) is 23.9 Å². The standard InChI is InChI=1S/C20H31N5O.C13H20ClN5O.C7H13BO2/c1-15(2)22-20(26)14-24-8-10-25(11-9-24)19-12-18(13-21-23-19)17-6-4-16(3)5-7-17;1-10(2)16-13(20)9-18-3-5-19(6-4-18)12-7-11(14)8-15-17-12;1-6-2-4-7(5-3-6)8(9)10/h6,12-13,15-16H,4-5,7-11,14H2,1-3H3,(H,22,26);7-8,10H,3-6,9H2,1-2H3,(H,16,20);4,6,9-10H,2-3,5H2,1H3. The van der Waals surface area contributed by atoms with Gasteiger partial charge in [-0.2, -0.15) is 10.2 Å². The van der Waals surface area contributed by atoms with E-state index in [4.69, 9.17) is 21.6 Å². The summed E-state index contributed by atoms with van der Waals surface area (Å²) < 4.78 is 0. The average molecular weight is 795 g/mol. The number of halogens is 1. The fourth-order valence-corrected chi connectivity index (χ4v) is 7.17. The summed E-state index contributed by atoms with van der Waals surface area (Å²) in [5.41, 5.74) is 3.40. The summed E-state index contributed by atoms with van der Waals surface area (Å²) in [7, 11) is -1.22. The molecule has 4 N–H and O–H groups in total. The highest BCUT2D eigenvalue weighted by Gasteiger charge is 2.23. The lowest BCUT2D eigenvalue weighted by molar-refractivity contribution is -0.123. The highest BCUT2D eigenvalue weighted by Crippen LogP contribution is 2.31. The predicted molar refractivity (Wildman–Crippen MR) is 225 cm³/mol. The Hall–Kier alpha value is -3.63. The van der Waals surface area contributed by atoms with Crippen LogP contribution in [0.2, 0.25) is 5.02 Å². The summed E-state index contributed by atoms with van der Waals surface area (Å²) in [4.78, 5) is 32.4. The van der Waals surface area contributed by atoms with Crippen LogP contribution in [0.3, 0.4) is 0 Å². The molecule has 4 heterocycles. The van der Waals surface area contributed by atoms with E-state index < -0.39 is 7.12 Å². The van der Waals surface area contributed by atoms with Crippen molar-refractivity contribution in [2.75, 3.05) is 75.2 Å². The van der Waals surface area contributed by atoms with E-state index in [1.807, 2.05) is 46.0 Å². The number of anilines is 2. The Morgan fingerprint density at radius 3 is 1.66 bits per heavy atom. The molecule has 0 aromatic carbocycles. The lowest BCUT2D eigenvalue weighted by Crippen LogP contribution is -2.50. The van der Waals surface area contributed by atoms with Crippen molar-refractivity contribution < 1.29 is 19.6 Å². The molecule has 2 amide bonds. The van der Waals surface area contributed by atoms with Crippen molar-refractivity contribution in [2.24, 2.45) is 11.8 Å². The van der Waals surface area contributed by atoms with Crippen LogP contribution in [-0.4, -0.2) is 137 Å². The summed E-state index contributed by atoms with van der Waals surface area (Å²) in [6.07, 6.45) is 14.2. The second-order valence-corrected chi connectivity index (χ2v) is 16.6.